The maximum absolute atomic E-state index is 5.65. The Morgan fingerprint density at radius 3 is 1.76 bits per heavy atom. The maximum Gasteiger partial charge on any atom is 0.282 e. The predicted molar refractivity (Wildman–Crippen MR) is 142 cm³/mol. The molecule has 0 spiro atoms. The molecule has 0 aliphatic carbocycles. The smallest absolute Gasteiger partial charge is 0.282 e. The van der Waals surface area contributed by atoms with Gasteiger partial charge in [0.15, 0.2) is 11.4 Å². The first-order valence-corrected chi connectivity index (χ1v) is 11.5. The van der Waals surface area contributed by atoms with Gasteiger partial charge in [-0.05, 0) is 47.5 Å². The van der Waals surface area contributed by atoms with E-state index in [4.69, 9.17) is 4.74 Å². The van der Waals surface area contributed by atoms with Crippen molar-refractivity contribution in [1.29, 1.82) is 0 Å². The van der Waals surface area contributed by atoms with Gasteiger partial charge >= 0.3 is 0 Å². The summed E-state index contributed by atoms with van der Waals surface area (Å²) in [6.45, 7) is 1.53. The van der Waals surface area contributed by atoms with Crippen LogP contribution in [0.15, 0.2) is 109 Å². The van der Waals surface area contributed by atoms with E-state index in [2.05, 4.69) is 120 Å². The number of nitrogens with zero attached hydrogens (tertiary/aromatic N) is 2. The second-order valence-electron chi connectivity index (χ2n) is 8.44. The van der Waals surface area contributed by atoms with E-state index in [-0.39, 0.29) is 0 Å². The third-order valence-electron chi connectivity index (χ3n) is 5.77. The fourth-order valence-electron chi connectivity index (χ4n) is 3.95. The number of hydrogen-bond acceptors (Lipinski definition) is 2. The van der Waals surface area contributed by atoms with Crippen molar-refractivity contribution < 1.29 is 9.31 Å². The number of benzene rings is 4. The number of anilines is 2. The zero-order valence-electron chi connectivity index (χ0n) is 20.1. The molecular formula is C30H32N3O+. The average molecular weight is 451 g/mol. The van der Waals surface area contributed by atoms with Crippen molar-refractivity contribution in [1.82, 2.24) is 0 Å². The van der Waals surface area contributed by atoms with Gasteiger partial charge < -0.3 is 9.64 Å². The zero-order valence-corrected chi connectivity index (χ0v) is 20.1. The Morgan fingerprint density at radius 1 is 0.706 bits per heavy atom. The fourth-order valence-corrected chi connectivity index (χ4v) is 3.95. The molecule has 4 rings (SSSR count). The first-order chi connectivity index (χ1) is 16.6. The first-order valence-electron chi connectivity index (χ1n) is 11.5. The maximum atomic E-state index is 5.65. The summed E-state index contributed by atoms with van der Waals surface area (Å²) in [5, 5.41) is 3.71. The molecule has 0 aliphatic heterocycles. The summed E-state index contributed by atoms with van der Waals surface area (Å²) < 4.78 is 8.04. The highest BCUT2D eigenvalue weighted by atomic mass is 16.5. The molecule has 172 valence electrons. The van der Waals surface area contributed by atoms with E-state index in [1.165, 1.54) is 11.1 Å². The van der Waals surface area contributed by atoms with Crippen molar-refractivity contribution in [3.63, 3.8) is 0 Å². The molecule has 4 heteroatoms. The molecule has 4 aromatic rings. The standard InChI is InChI=1S/C30H31N3O/c1-32(2)27-20-18-26(19-21-27)30(31-28-16-10-11-17-29(28)34-3)33(22-24-12-6-4-7-13-24)23-25-14-8-5-9-15-25/h4-21H,22-23H2,1-3H3/p+1. The van der Waals surface area contributed by atoms with Crippen molar-refractivity contribution in [3.8, 4) is 5.75 Å². The van der Waals surface area contributed by atoms with Gasteiger partial charge in [0, 0.05) is 19.8 Å². The van der Waals surface area contributed by atoms with Crippen molar-refractivity contribution in [2.75, 3.05) is 31.4 Å². The summed E-state index contributed by atoms with van der Waals surface area (Å²) in [6, 6.07) is 37.9. The molecule has 0 aliphatic rings. The highest BCUT2D eigenvalue weighted by molar-refractivity contribution is 6.05. The second kappa shape index (κ2) is 11.2. The molecule has 0 aromatic heterocycles. The predicted octanol–water partition coefficient (Wildman–Crippen LogP) is 6.03. The summed E-state index contributed by atoms with van der Waals surface area (Å²) in [5.74, 6) is 1.84. The molecule has 0 unspecified atom stereocenters. The fraction of sp³-hybridized carbons (Fsp3) is 0.167. The molecule has 1 N–H and O–H groups in total. The quantitative estimate of drug-likeness (QED) is 0.202. The third-order valence-corrected chi connectivity index (χ3v) is 5.77. The lowest BCUT2D eigenvalue weighted by Crippen LogP contribution is -2.29. The monoisotopic (exact) mass is 450 g/mol. The van der Waals surface area contributed by atoms with Crippen LogP contribution in [0.1, 0.15) is 16.7 Å². The van der Waals surface area contributed by atoms with Crippen LogP contribution in [0.5, 0.6) is 5.75 Å². The molecule has 0 atom stereocenters. The van der Waals surface area contributed by atoms with Gasteiger partial charge in [0.25, 0.3) is 5.84 Å². The van der Waals surface area contributed by atoms with E-state index in [1.54, 1.807) is 7.11 Å². The molecule has 34 heavy (non-hydrogen) atoms. The van der Waals surface area contributed by atoms with E-state index in [0.717, 1.165) is 41.6 Å². The van der Waals surface area contributed by atoms with Gasteiger partial charge in [-0.15, -0.1) is 0 Å². The second-order valence-corrected chi connectivity index (χ2v) is 8.44. The van der Waals surface area contributed by atoms with Gasteiger partial charge in [0.05, 0.1) is 12.7 Å². The Kier molecular flexibility index (Phi) is 7.61. The van der Waals surface area contributed by atoms with Gasteiger partial charge in [0.1, 0.15) is 13.1 Å². The number of ether oxygens (including phenoxy) is 1. The minimum absolute atomic E-state index is 0.767. The lowest BCUT2D eigenvalue weighted by atomic mass is 10.1. The van der Waals surface area contributed by atoms with Crippen molar-refractivity contribution in [2.45, 2.75) is 13.1 Å². The molecule has 0 bridgehead atoms. The van der Waals surface area contributed by atoms with Crippen LogP contribution >= 0.6 is 0 Å². The van der Waals surface area contributed by atoms with Crippen LogP contribution in [0.3, 0.4) is 0 Å². The van der Waals surface area contributed by atoms with Gasteiger partial charge in [-0.2, -0.15) is 0 Å². The van der Waals surface area contributed by atoms with Crippen molar-refractivity contribution in [2.24, 2.45) is 0 Å². The summed E-state index contributed by atoms with van der Waals surface area (Å²) in [4.78, 5) is 2.11. The Labute approximate surface area is 202 Å². The van der Waals surface area contributed by atoms with Crippen LogP contribution in [0.4, 0.5) is 11.4 Å². The van der Waals surface area contributed by atoms with Crippen molar-refractivity contribution in [3.05, 3.63) is 126 Å². The Morgan fingerprint density at radius 2 is 1.24 bits per heavy atom. The van der Waals surface area contributed by atoms with E-state index >= 15 is 0 Å². The molecule has 0 saturated carbocycles. The normalized spacial score (nSPS) is 10.4. The minimum atomic E-state index is 0.767. The van der Waals surface area contributed by atoms with Crippen LogP contribution in [0, 0.1) is 0 Å². The van der Waals surface area contributed by atoms with Crippen molar-refractivity contribution >= 4 is 17.2 Å². The highest BCUT2D eigenvalue weighted by Crippen LogP contribution is 2.25. The number of para-hydroxylation sites is 2. The van der Waals surface area contributed by atoms with Crippen LogP contribution < -0.4 is 15.0 Å². The third kappa shape index (κ3) is 5.84. The lowest BCUT2D eigenvalue weighted by molar-refractivity contribution is -0.559. The zero-order chi connectivity index (χ0) is 23.8. The summed E-state index contributed by atoms with van der Waals surface area (Å²) in [6.07, 6.45) is 0. The van der Waals surface area contributed by atoms with E-state index in [9.17, 15) is 0 Å². The van der Waals surface area contributed by atoms with Gasteiger partial charge in [-0.3, -0.25) is 4.58 Å². The molecule has 0 saturated heterocycles. The molecular weight excluding hydrogens is 418 g/mol. The minimum Gasteiger partial charge on any atom is -0.492 e. The Bertz CT molecular complexity index is 1170. The van der Waals surface area contributed by atoms with E-state index in [1.807, 2.05) is 18.2 Å². The van der Waals surface area contributed by atoms with E-state index in [0.29, 0.717) is 0 Å². The van der Waals surface area contributed by atoms with Crippen LogP contribution in [-0.4, -0.2) is 31.6 Å². The number of hydrogen-bond donors (Lipinski definition) is 1. The number of amidine groups is 1. The lowest BCUT2D eigenvalue weighted by Gasteiger charge is -2.17. The molecule has 4 aromatic carbocycles. The molecule has 0 amide bonds. The SMILES string of the molecule is COc1ccccc1NC(c1ccc(N(C)C)cc1)=[N+](Cc1ccccc1)Cc1ccccc1. The molecule has 0 heterocycles. The van der Waals surface area contributed by atoms with Gasteiger partial charge in [-0.1, -0.05) is 72.8 Å². The van der Waals surface area contributed by atoms with Crippen LogP contribution in [-0.2, 0) is 13.1 Å². The molecule has 0 radical (unpaired) electrons. The summed E-state index contributed by atoms with van der Waals surface area (Å²) in [7, 11) is 5.82. The average Bonchev–Trinajstić information content (AvgIpc) is 2.88. The first kappa shape index (κ1) is 23.1. The Hall–Kier alpha value is -4.05. The Balaban J connectivity index is 1.85. The number of methoxy groups -OCH3 is 1. The van der Waals surface area contributed by atoms with Gasteiger partial charge in [-0.25, -0.2) is 5.32 Å². The number of nitrogens with one attached hydrogen (secondary N) is 1. The molecule has 4 nitrogen and oxygen atoms in total. The van der Waals surface area contributed by atoms with Crippen LogP contribution in [0.2, 0.25) is 0 Å². The van der Waals surface area contributed by atoms with Crippen LogP contribution in [0.25, 0.3) is 0 Å². The highest BCUT2D eigenvalue weighted by Gasteiger charge is 2.20. The summed E-state index contributed by atoms with van der Waals surface area (Å²) >= 11 is 0. The largest absolute Gasteiger partial charge is 0.492 e. The van der Waals surface area contributed by atoms with E-state index < -0.39 is 0 Å². The topological polar surface area (TPSA) is 27.5 Å². The number of rotatable bonds is 8. The molecule has 0 fully saturated rings. The summed E-state index contributed by atoms with van der Waals surface area (Å²) in [5.41, 5.74) is 5.72. The van der Waals surface area contributed by atoms with Gasteiger partial charge in [0.2, 0.25) is 0 Å².